The summed E-state index contributed by atoms with van der Waals surface area (Å²) in [6.45, 7) is 0.571. The molecule has 21 heavy (non-hydrogen) atoms. The van der Waals surface area contributed by atoms with Crippen LogP contribution in [0.5, 0.6) is 5.75 Å². The Morgan fingerprint density at radius 1 is 1.38 bits per heavy atom. The van der Waals surface area contributed by atoms with E-state index in [1.54, 1.807) is 24.3 Å². The molecule has 0 saturated carbocycles. The van der Waals surface area contributed by atoms with Crippen molar-refractivity contribution in [2.45, 2.75) is 0 Å². The Kier molecular flexibility index (Phi) is 4.72. The maximum Gasteiger partial charge on any atom is 0.324 e. The van der Waals surface area contributed by atoms with Gasteiger partial charge >= 0.3 is 5.00 Å². The lowest BCUT2D eigenvalue weighted by atomic mass is 10.3. The Morgan fingerprint density at radius 2 is 2.19 bits per heavy atom. The first-order valence-electron chi connectivity index (χ1n) is 6.07. The predicted octanol–water partition coefficient (Wildman–Crippen LogP) is 2.05. The largest absolute Gasteiger partial charge is 0.492 e. The Hall–Kier alpha value is -2.61. The minimum absolute atomic E-state index is 0.0591. The van der Waals surface area contributed by atoms with Gasteiger partial charge in [-0.25, -0.2) is 0 Å². The van der Waals surface area contributed by atoms with E-state index in [-0.39, 0.29) is 17.5 Å². The maximum absolute atomic E-state index is 11.7. The molecular formula is C13H13N3O4S. The van der Waals surface area contributed by atoms with E-state index in [0.717, 1.165) is 11.3 Å². The number of amides is 1. The van der Waals surface area contributed by atoms with Crippen molar-refractivity contribution in [3.8, 4) is 5.75 Å². The molecule has 7 nitrogen and oxygen atoms in total. The van der Waals surface area contributed by atoms with Gasteiger partial charge in [-0.3, -0.25) is 14.9 Å². The standard InChI is InChI=1S/C13H13N3O4S/c14-9-2-1-3-10(8-9)20-7-6-15-13(17)11-4-5-12(21-11)16(18)19/h1-5,8H,6-7,14H2,(H,15,17). The molecule has 1 amide bonds. The highest BCUT2D eigenvalue weighted by molar-refractivity contribution is 7.17. The van der Waals surface area contributed by atoms with Crippen molar-refractivity contribution in [3.63, 3.8) is 0 Å². The van der Waals surface area contributed by atoms with E-state index in [0.29, 0.717) is 22.9 Å². The number of thiophene rings is 1. The van der Waals surface area contributed by atoms with E-state index >= 15 is 0 Å². The summed E-state index contributed by atoms with van der Waals surface area (Å²) in [7, 11) is 0. The fraction of sp³-hybridized carbons (Fsp3) is 0.154. The summed E-state index contributed by atoms with van der Waals surface area (Å²) in [4.78, 5) is 22.1. The van der Waals surface area contributed by atoms with E-state index in [1.807, 2.05) is 0 Å². The molecule has 0 saturated heterocycles. The molecule has 2 rings (SSSR count). The number of nitrogens with two attached hydrogens (primary N) is 1. The molecule has 2 aromatic rings. The number of nitro groups is 1. The molecule has 0 aliphatic rings. The van der Waals surface area contributed by atoms with Gasteiger partial charge in [-0.15, -0.1) is 0 Å². The van der Waals surface area contributed by atoms with Crippen LogP contribution in [0.25, 0.3) is 0 Å². The fourth-order valence-corrected chi connectivity index (χ4v) is 2.31. The van der Waals surface area contributed by atoms with Crippen LogP contribution in [0.4, 0.5) is 10.7 Å². The highest BCUT2D eigenvalue weighted by Gasteiger charge is 2.14. The molecule has 0 radical (unpaired) electrons. The van der Waals surface area contributed by atoms with Gasteiger partial charge < -0.3 is 15.8 Å². The zero-order valence-electron chi connectivity index (χ0n) is 10.9. The Morgan fingerprint density at radius 3 is 2.86 bits per heavy atom. The first kappa shape index (κ1) is 14.8. The van der Waals surface area contributed by atoms with Crippen LogP contribution in [0.15, 0.2) is 36.4 Å². The maximum atomic E-state index is 11.7. The number of anilines is 1. The minimum Gasteiger partial charge on any atom is -0.492 e. The van der Waals surface area contributed by atoms with Crippen LogP contribution < -0.4 is 15.8 Å². The number of ether oxygens (including phenoxy) is 1. The number of benzene rings is 1. The zero-order valence-corrected chi connectivity index (χ0v) is 11.8. The summed E-state index contributed by atoms with van der Waals surface area (Å²) >= 11 is 0.837. The summed E-state index contributed by atoms with van der Waals surface area (Å²) in [5, 5.41) is 13.1. The lowest BCUT2D eigenvalue weighted by molar-refractivity contribution is -0.380. The summed E-state index contributed by atoms with van der Waals surface area (Å²) in [5.74, 6) is 0.264. The van der Waals surface area contributed by atoms with Crippen molar-refractivity contribution in [2.75, 3.05) is 18.9 Å². The molecule has 1 aromatic heterocycles. The molecule has 8 heteroatoms. The van der Waals surface area contributed by atoms with Crippen molar-refractivity contribution in [1.29, 1.82) is 0 Å². The summed E-state index contributed by atoms with van der Waals surface area (Å²) in [6, 6.07) is 9.71. The van der Waals surface area contributed by atoms with Crippen LogP contribution in [-0.2, 0) is 0 Å². The van der Waals surface area contributed by atoms with E-state index in [1.165, 1.54) is 12.1 Å². The van der Waals surface area contributed by atoms with E-state index in [9.17, 15) is 14.9 Å². The normalized spacial score (nSPS) is 10.1. The van der Waals surface area contributed by atoms with Crippen molar-refractivity contribution in [2.24, 2.45) is 0 Å². The number of nitrogens with one attached hydrogen (secondary N) is 1. The monoisotopic (exact) mass is 307 g/mol. The molecule has 0 spiro atoms. The summed E-state index contributed by atoms with van der Waals surface area (Å²) in [5.41, 5.74) is 6.21. The average Bonchev–Trinajstić information content (AvgIpc) is 2.93. The Bertz CT molecular complexity index is 656. The van der Waals surface area contributed by atoms with Crippen molar-refractivity contribution in [1.82, 2.24) is 5.32 Å². The molecule has 3 N–H and O–H groups in total. The van der Waals surface area contributed by atoms with Gasteiger partial charge in [0.05, 0.1) is 16.3 Å². The number of hydrogen-bond acceptors (Lipinski definition) is 6. The molecule has 0 atom stereocenters. The van der Waals surface area contributed by atoms with Crippen molar-refractivity contribution >= 4 is 27.9 Å². The smallest absolute Gasteiger partial charge is 0.324 e. The Labute approximate surface area is 124 Å². The van der Waals surface area contributed by atoms with Gasteiger partial charge in [-0.2, -0.15) is 0 Å². The number of carbonyl (C=O) groups is 1. The molecule has 1 heterocycles. The predicted molar refractivity (Wildman–Crippen MR) is 79.7 cm³/mol. The van der Waals surface area contributed by atoms with Crippen LogP contribution in [0, 0.1) is 10.1 Å². The summed E-state index contributed by atoms with van der Waals surface area (Å²) < 4.78 is 5.42. The van der Waals surface area contributed by atoms with Crippen molar-refractivity contribution in [3.05, 3.63) is 51.4 Å². The molecule has 1 aromatic carbocycles. The van der Waals surface area contributed by atoms with E-state index in [2.05, 4.69) is 5.32 Å². The summed E-state index contributed by atoms with van der Waals surface area (Å²) in [6.07, 6.45) is 0. The third kappa shape index (κ3) is 4.18. The van der Waals surface area contributed by atoms with Crippen LogP contribution in [0.1, 0.15) is 9.67 Å². The van der Waals surface area contributed by atoms with Gasteiger partial charge in [-0.1, -0.05) is 17.4 Å². The number of nitrogen functional groups attached to an aromatic ring is 1. The quantitative estimate of drug-likeness (QED) is 0.367. The van der Waals surface area contributed by atoms with Crippen LogP contribution in [0.3, 0.4) is 0 Å². The third-order valence-electron chi connectivity index (χ3n) is 2.51. The second kappa shape index (κ2) is 6.71. The first-order chi connectivity index (χ1) is 10.1. The highest BCUT2D eigenvalue weighted by atomic mass is 32.1. The number of rotatable bonds is 6. The molecule has 0 bridgehead atoms. The average molecular weight is 307 g/mol. The van der Waals surface area contributed by atoms with E-state index < -0.39 is 4.92 Å². The number of carbonyl (C=O) groups excluding carboxylic acids is 1. The van der Waals surface area contributed by atoms with Crippen LogP contribution in [0.2, 0.25) is 0 Å². The molecule has 110 valence electrons. The number of nitrogens with zero attached hydrogens (tertiary/aromatic N) is 1. The lowest BCUT2D eigenvalue weighted by Crippen LogP contribution is -2.27. The first-order valence-corrected chi connectivity index (χ1v) is 6.88. The Balaban J connectivity index is 1.77. The van der Waals surface area contributed by atoms with E-state index in [4.69, 9.17) is 10.5 Å². The lowest BCUT2D eigenvalue weighted by Gasteiger charge is -2.07. The van der Waals surface area contributed by atoms with Gasteiger partial charge in [0.1, 0.15) is 12.4 Å². The molecule has 0 aliphatic carbocycles. The molecular weight excluding hydrogens is 294 g/mol. The zero-order chi connectivity index (χ0) is 15.2. The highest BCUT2D eigenvalue weighted by Crippen LogP contribution is 2.23. The van der Waals surface area contributed by atoms with Gasteiger partial charge in [0.2, 0.25) is 0 Å². The molecule has 0 fully saturated rings. The fourth-order valence-electron chi connectivity index (χ4n) is 1.57. The van der Waals surface area contributed by atoms with Crippen LogP contribution >= 0.6 is 11.3 Å². The second-order valence-corrected chi connectivity index (χ2v) is 5.13. The third-order valence-corrected chi connectivity index (χ3v) is 3.55. The van der Waals surface area contributed by atoms with Gasteiger partial charge in [0, 0.05) is 17.8 Å². The minimum atomic E-state index is -0.523. The molecule has 0 aliphatic heterocycles. The SMILES string of the molecule is Nc1cccc(OCCNC(=O)c2ccc([N+](=O)[O-])s2)c1. The van der Waals surface area contributed by atoms with Gasteiger partial charge in [0.25, 0.3) is 5.91 Å². The van der Waals surface area contributed by atoms with Gasteiger partial charge in [0.15, 0.2) is 0 Å². The number of hydrogen-bond donors (Lipinski definition) is 2. The second-order valence-electron chi connectivity index (χ2n) is 4.07. The van der Waals surface area contributed by atoms with Gasteiger partial charge in [-0.05, 0) is 18.2 Å². The molecule has 0 unspecified atom stereocenters. The van der Waals surface area contributed by atoms with Crippen LogP contribution in [-0.4, -0.2) is 24.0 Å². The topological polar surface area (TPSA) is 107 Å². The van der Waals surface area contributed by atoms with Crippen molar-refractivity contribution < 1.29 is 14.5 Å².